The van der Waals surface area contributed by atoms with Crippen LogP contribution in [0.5, 0.6) is 11.5 Å². The van der Waals surface area contributed by atoms with Crippen molar-refractivity contribution in [3.05, 3.63) is 96.1 Å². The molecule has 6 atom stereocenters. The summed E-state index contributed by atoms with van der Waals surface area (Å²) in [7, 11) is 0. The van der Waals surface area contributed by atoms with Crippen molar-refractivity contribution < 1.29 is 34.1 Å². The van der Waals surface area contributed by atoms with E-state index >= 15 is 4.79 Å². The maximum atomic E-state index is 15.4. The van der Waals surface area contributed by atoms with E-state index in [0.29, 0.717) is 39.0 Å². The molecule has 2 heterocycles. The lowest BCUT2D eigenvalue weighted by atomic mass is 9.55. The van der Waals surface area contributed by atoms with Crippen LogP contribution in [-0.2, 0) is 20.9 Å². The first-order chi connectivity index (χ1) is 32.5. The Morgan fingerprint density at radius 1 is 0.909 bits per heavy atom. The monoisotopic (exact) mass is 906 g/mol. The third-order valence-corrected chi connectivity index (χ3v) is 14.6. The maximum Gasteiger partial charge on any atom is 0.239 e. The number of nitrogens with zero attached hydrogens (tertiary/aromatic N) is 3. The number of oxime groups is 1. The van der Waals surface area contributed by atoms with Crippen LogP contribution < -0.4 is 9.47 Å². The molecule has 4 aliphatic rings. The second-order valence-corrected chi connectivity index (χ2v) is 19.1. The summed E-state index contributed by atoms with van der Waals surface area (Å²) < 4.78 is 21.3. The lowest BCUT2D eigenvalue weighted by Gasteiger charge is -2.60. The zero-order valence-corrected chi connectivity index (χ0v) is 40.2. The molecule has 2 aliphatic carbocycles. The molecule has 3 aromatic rings. The van der Waals surface area contributed by atoms with Crippen molar-refractivity contribution in [1.29, 1.82) is 0 Å². The van der Waals surface area contributed by atoms with Gasteiger partial charge in [-0.3, -0.25) is 9.69 Å². The quantitative estimate of drug-likeness (QED) is 0.0294. The Bertz CT molecular complexity index is 2060. The zero-order chi connectivity index (χ0) is 46.1. The number of hydrogen-bond acceptors (Lipinski definition) is 9. The minimum Gasteiger partial charge on any atom is -0.492 e. The summed E-state index contributed by atoms with van der Waals surface area (Å²) in [6.07, 6.45) is 20.5. The molecular formula is C56H79N3O7. The largest absolute Gasteiger partial charge is 0.492 e. The van der Waals surface area contributed by atoms with Gasteiger partial charge in [0.2, 0.25) is 11.7 Å². The normalized spacial score (nSPS) is 23.7. The van der Waals surface area contributed by atoms with Crippen LogP contribution in [0, 0.1) is 17.8 Å². The Kier molecular flexibility index (Phi) is 19.0. The van der Waals surface area contributed by atoms with Crippen LogP contribution in [0.3, 0.4) is 0 Å². The number of fused-ring (bicyclic) bond motifs is 3. The second kappa shape index (κ2) is 25.2. The van der Waals surface area contributed by atoms with Crippen molar-refractivity contribution in [3.63, 3.8) is 0 Å². The van der Waals surface area contributed by atoms with Gasteiger partial charge in [0, 0.05) is 63.7 Å². The molecule has 10 heteroatoms. The van der Waals surface area contributed by atoms with Gasteiger partial charge in [-0.05, 0) is 91.0 Å². The summed E-state index contributed by atoms with van der Waals surface area (Å²) in [5.41, 5.74) is 4.03. The van der Waals surface area contributed by atoms with Crippen molar-refractivity contribution in [1.82, 2.24) is 9.80 Å². The van der Waals surface area contributed by atoms with Gasteiger partial charge in [-0.25, -0.2) is 0 Å². The fourth-order valence-corrected chi connectivity index (χ4v) is 11.2. The highest BCUT2D eigenvalue weighted by molar-refractivity contribution is 6.03. The molecule has 7 rings (SSSR count). The van der Waals surface area contributed by atoms with Gasteiger partial charge in [0.25, 0.3) is 0 Å². The molecular weight excluding hydrogens is 827 g/mol. The minimum absolute atomic E-state index is 0.0823. The predicted molar refractivity (Wildman–Crippen MR) is 265 cm³/mol. The summed E-state index contributed by atoms with van der Waals surface area (Å²) in [5, 5.41) is 27.2. The van der Waals surface area contributed by atoms with Crippen LogP contribution in [0.25, 0.3) is 10.8 Å². The molecule has 1 saturated carbocycles. The van der Waals surface area contributed by atoms with Gasteiger partial charge in [-0.2, -0.15) is 0 Å². The van der Waals surface area contributed by atoms with Crippen LogP contribution in [0.1, 0.15) is 140 Å². The third kappa shape index (κ3) is 12.3. The smallest absolute Gasteiger partial charge is 0.239 e. The van der Waals surface area contributed by atoms with Crippen LogP contribution in [0.4, 0.5) is 0 Å². The summed E-state index contributed by atoms with van der Waals surface area (Å²) in [6.45, 7) is 13.4. The van der Waals surface area contributed by atoms with Crippen LogP contribution in [-0.4, -0.2) is 96.1 Å². The topological polar surface area (TPSA) is 113 Å². The molecule has 0 aromatic heterocycles. The molecule has 0 spiro atoms. The molecule has 0 unspecified atom stereocenters. The number of unbranched alkanes of at least 4 members (excludes halogenated alkanes) is 10. The number of carbonyl (C=O) groups excluding carboxylic acids is 1. The van der Waals surface area contributed by atoms with E-state index in [0.717, 1.165) is 116 Å². The number of hydrogen-bond donors (Lipinski definition) is 2. The van der Waals surface area contributed by atoms with Crippen molar-refractivity contribution in [2.75, 3.05) is 52.7 Å². The molecule has 360 valence electrons. The zero-order valence-electron chi connectivity index (χ0n) is 40.2. The molecule has 2 fully saturated rings. The van der Waals surface area contributed by atoms with E-state index < -0.39 is 11.8 Å². The van der Waals surface area contributed by atoms with Gasteiger partial charge in [0.1, 0.15) is 30.8 Å². The highest BCUT2D eigenvalue weighted by atomic mass is 16.7. The maximum absolute atomic E-state index is 15.4. The third-order valence-electron chi connectivity index (χ3n) is 14.6. The van der Waals surface area contributed by atoms with E-state index in [9.17, 15) is 10.2 Å². The van der Waals surface area contributed by atoms with E-state index in [1.807, 2.05) is 13.0 Å². The highest BCUT2D eigenvalue weighted by Crippen LogP contribution is 2.62. The first-order valence-electron chi connectivity index (χ1n) is 25.8. The summed E-state index contributed by atoms with van der Waals surface area (Å²) in [5.74, 6) is 0.159. The van der Waals surface area contributed by atoms with Gasteiger partial charge in [-0.15, -0.1) is 6.58 Å². The molecule has 2 N–H and O–H groups in total. The number of benzene rings is 3. The number of rotatable bonds is 30. The van der Waals surface area contributed by atoms with E-state index in [1.165, 1.54) is 38.5 Å². The Morgan fingerprint density at radius 2 is 1.65 bits per heavy atom. The summed E-state index contributed by atoms with van der Waals surface area (Å²) >= 11 is 0. The van der Waals surface area contributed by atoms with Gasteiger partial charge in [0.05, 0.1) is 18.2 Å². The van der Waals surface area contributed by atoms with E-state index in [2.05, 4.69) is 84.0 Å². The summed E-state index contributed by atoms with van der Waals surface area (Å²) in [4.78, 5) is 25.8. The highest BCUT2D eigenvalue weighted by Gasteiger charge is 2.65. The number of ether oxygens (including phenoxy) is 3. The number of aliphatic hydroxyl groups is 2. The van der Waals surface area contributed by atoms with Crippen molar-refractivity contribution >= 4 is 22.4 Å². The Hall–Kier alpha value is -4.22. The number of aliphatic hydroxyl groups excluding tert-OH is 2. The molecule has 66 heavy (non-hydrogen) atoms. The first-order valence-corrected chi connectivity index (χ1v) is 25.8. The Labute approximate surface area is 395 Å². The van der Waals surface area contributed by atoms with Gasteiger partial charge < -0.3 is 34.2 Å². The lowest BCUT2D eigenvalue weighted by Crippen LogP contribution is -2.70. The lowest BCUT2D eigenvalue weighted by molar-refractivity contribution is -0.258. The number of carbonyl (C=O) groups is 1. The molecule has 10 nitrogen and oxygen atoms in total. The standard InChI is InChI=1S/C56H79N3O7/c1-4-7-8-9-10-11-12-13-14-28-53(62)59(41-44-25-21-24-42-22-15-16-26-46(42)44)52-40-50(57-65-6-3)48-38-43(23-17-19-34-60)47(27-18-20-35-61)54-49-39-45(63-37-33-58-31-32-58)29-30-51(49)66-56(52,55(48)54)64-36-5-2/h5,15-16,21-22,24-26,29-30,38-39,43,47,52,54-55,60-61H,2,4,6-14,17-20,23,27-28,31-37,40-41H2,1,3H3/t43-,47+,52-,54+,55+,56+/m0/s1. The van der Waals surface area contributed by atoms with E-state index in [4.69, 9.17) is 24.2 Å². The fraction of sp³-hybridized carbons (Fsp3) is 0.607. The molecule has 1 saturated heterocycles. The predicted octanol–water partition coefficient (Wildman–Crippen LogP) is 11.1. The first kappa shape index (κ1) is 49.7. The van der Waals surface area contributed by atoms with Crippen molar-refractivity contribution in [2.45, 2.75) is 147 Å². The number of allylic oxidation sites excluding steroid dienone is 1. The number of amides is 1. The average Bonchev–Trinajstić information content (AvgIpc) is 4.17. The molecule has 2 aliphatic heterocycles. The Morgan fingerprint density at radius 3 is 2.39 bits per heavy atom. The summed E-state index contributed by atoms with van der Waals surface area (Å²) in [6, 6.07) is 20.5. The van der Waals surface area contributed by atoms with E-state index in [-0.39, 0.29) is 49.4 Å². The molecule has 1 amide bonds. The second-order valence-electron chi connectivity index (χ2n) is 19.1. The Balaban J connectivity index is 1.35. The molecule has 3 aromatic carbocycles. The van der Waals surface area contributed by atoms with Crippen LogP contribution in [0.2, 0.25) is 0 Å². The van der Waals surface area contributed by atoms with E-state index in [1.54, 1.807) is 6.08 Å². The van der Waals surface area contributed by atoms with Gasteiger partial charge in [-0.1, -0.05) is 131 Å². The van der Waals surface area contributed by atoms with Crippen LogP contribution >= 0.6 is 0 Å². The minimum atomic E-state index is -1.31. The van der Waals surface area contributed by atoms with Gasteiger partial charge >= 0.3 is 0 Å². The fourth-order valence-electron chi connectivity index (χ4n) is 11.2. The SMILES string of the molecule is C=CCO[C@@]12Oc3ccc(OCCN4CC4)cc3[C@H]3[C@H](CCCCO)[C@@H](CCCCO)C=C(C(=NOCC)C[C@@H]1N(Cc1cccc4ccccc14)C(=O)CCCCCCCCCCC)[C@H]32. The average molecular weight is 906 g/mol. The van der Waals surface area contributed by atoms with Crippen molar-refractivity contribution in [3.8, 4) is 11.5 Å². The molecule has 0 bridgehead atoms. The van der Waals surface area contributed by atoms with Crippen molar-refractivity contribution in [2.24, 2.45) is 22.9 Å². The molecule has 0 radical (unpaired) electrons. The van der Waals surface area contributed by atoms with Gasteiger partial charge in [0.15, 0.2) is 0 Å². The van der Waals surface area contributed by atoms with Crippen LogP contribution in [0.15, 0.2) is 90.1 Å².